The van der Waals surface area contributed by atoms with E-state index in [-0.39, 0.29) is 24.8 Å². The number of carbonyl (C=O) groups excluding carboxylic acids is 3. The van der Waals surface area contributed by atoms with Crippen LogP contribution in [-0.4, -0.2) is 57.9 Å². The first-order valence-corrected chi connectivity index (χ1v) is 11.1. The van der Waals surface area contributed by atoms with Crippen molar-refractivity contribution in [3.8, 4) is 0 Å². The molecule has 0 aromatic heterocycles. The van der Waals surface area contributed by atoms with E-state index in [0.29, 0.717) is 0 Å². The third-order valence-corrected chi connectivity index (χ3v) is 9.04. The second kappa shape index (κ2) is 7.03. The number of carbonyl (C=O) groups is 3. The maximum Gasteiger partial charge on any atom is 0.303 e. The summed E-state index contributed by atoms with van der Waals surface area (Å²) in [4.78, 5) is 36.1. The van der Waals surface area contributed by atoms with Crippen molar-refractivity contribution in [2.75, 3.05) is 6.61 Å². The maximum atomic E-state index is 17.0. The smallest absolute Gasteiger partial charge is 0.303 e. The molecule has 3 saturated carbocycles. The SMILES string of the molecule is CC(=O)OCC(=O)[C@@]1(O)[C@H](C)C[C@@H]2[C@@H]3C[C@H](F)C4=CC(=O)C=C[C@]4(C)[C@@]3(F)[C@H](O)C[C@@]21C. The van der Waals surface area contributed by atoms with Crippen LogP contribution in [0.1, 0.15) is 47.0 Å². The molecule has 0 radical (unpaired) electrons. The third-order valence-electron chi connectivity index (χ3n) is 9.04. The molecule has 0 unspecified atom stereocenters. The fraction of sp³-hybridized carbons (Fsp3) is 0.708. The normalized spacial score (nSPS) is 49.6. The summed E-state index contributed by atoms with van der Waals surface area (Å²) in [7, 11) is 0. The lowest BCUT2D eigenvalue weighted by molar-refractivity contribution is -0.224. The average Bonchev–Trinajstić information content (AvgIpc) is 2.91. The second-order valence-electron chi connectivity index (χ2n) is 10.5. The Morgan fingerprint density at radius 1 is 1.25 bits per heavy atom. The van der Waals surface area contributed by atoms with Gasteiger partial charge in [-0.3, -0.25) is 14.4 Å². The van der Waals surface area contributed by atoms with Crippen molar-refractivity contribution in [2.45, 2.75) is 70.5 Å². The number of hydrogen-bond donors (Lipinski definition) is 2. The molecule has 0 saturated heterocycles. The van der Waals surface area contributed by atoms with Gasteiger partial charge in [-0.15, -0.1) is 0 Å². The molecule has 0 amide bonds. The van der Waals surface area contributed by atoms with Gasteiger partial charge in [0.1, 0.15) is 11.8 Å². The number of ether oxygens (including phenoxy) is 1. The molecule has 3 fully saturated rings. The first-order valence-electron chi connectivity index (χ1n) is 11.1. The number of aliphatic hydroxyl groups is 2. The summed E-state index contributed by atoms with van der Waals surface area (Å²) in [6, 6.07) is 0. The standard InChI is InChI=1S/C24H30F2O6/c1-12-7-15-16-9-18(25)17-8-14(28)5-6-21(17,3)23(16,26)19(29)10-22(15,4)24(12,31)20(30)11-32-13(2)27/h5-6,8,12,15-16,18-19,29,31H,7,9-11H2,1-4H3/t12-,15-,16+,18+,19-,21+,22+,23+,24+/m1/s1. The Morgan fingerprint density at radius 3 is 2.53 bits per heavy atom. The van der Waals surface area contributed by atoms with Gasteiger partial charge in [-0.2, -0.15) is 0 Å². The lowest BCUT2D eigenvalue weighted by Crippen LogP contribution is -2.70. The minimum absolute atomic E-state index is 0.0265. The van der Waals surface area contributed by atoms with Crippen molar-refractivity contribution in [2.24, 2.45) is 28.6 Å². The van der Waals surface area contributed by atoms with Crippen molar-refractivity contribution in [1.82, 2.24) is 0 Å². The zero-order valence-electron chi connectivity index (χ0n) is 18.7. The van der Waals surface area contributed by atoms with Crippen LogP contribution >= 0.6 is 0 Å². The molecule has 2 N–H and O–H groups in total. The molecule has 8 heteroatoms. The van der Waals surface area contributed by atoms with Gasteiger partial charge in [-0.05, 0) is 55.7 Å². The van der Waals surface area contributed by atoms with Gasteiger partial charge < -0.3 is 14.9 Å². The quantitative estimate of drug-likeness (QED) is 0.638. The van der Waals surface area contributed by atoms with E-state index in [1.165, 1.54) is 19.1 Å². The van der Waals surface area contributed by atoms with Crippen molar-refractivity contribution < 1.29 is 38.1 Å². The number of alkyl halides is 2. The number of ketones is 2. The van der Waals surface area contributed by atoms with Gasteiger partial charge in [0, 0.05) is 23.7 Å². The van der Waals surface area contributed by atoms with Gasteiger partial charge in [-0.1, -0.05) is 19.9 Å². The van der Waals surface area contributed by atoms with Crippen LogP contribution < -0.4 is 0 Å². The first kappa shape index (κ1) is 23.2. The van der Waals surface area contributed by atoms with E-state index >= 15 is 8.78 Å². The number of rotatable bonds is 3. The fourth-order valence-corrected chi connectivity index (χ4v) is 7.41. The zero-order chi connectivity index (χ0) is 23.9. The Hall–Kier alpha value is -1.93. The lowest BCUT2D eigenvalue weighted by Gasteiger charge is -2.63. The minimum atomic E-state index is -2.27. The monoisotopic (exact) mass is 452 g/mol. The summed E-state index contributed by atoms with van der Waals surface area (Å²) in [6.45, 7) is 5.34. The predicted molar refractivity (Wildman–Crippen MR) is 110 cm³/mol. The molecule has 6 nitrogen and oxygen atoms in total. The summed E-state index contributed by atoms with van der Waals surface area (Å²) < 4.78 is 37.2. The van der Waals surface area contributed by atoms with E-state index in [9.17, 15) is 24.6 Å². The lowest BCUT2D eigenvalue weighted by atomic mass is 9.44. The predicted octanol–water partition coefficient (Wildman–Crippen LogP) is 2.41. The molecule has 0 bridgehead atoms. The highest BCUT2D eigenvalue weighted by atomic mass is 19.1. The minimum Gasteiger partial charge on any atom is -0.458 e. The highest BCUT2D eigenvalue weighted by Gasteiger charge is 2.76. The number of aliphatic hydroxyl groups excluding tert-OH is 1. The summed E-state index contributed by atoms with van der Waals surface area (Å²) >= 11 is 0. The van der Waals surface area contributed by atoms with Crippen LogP contribution in [0.3, 0.4) is 0 Å². The summed E-state index contributed by atoms with van der Waals surface area (Å²) in [5.41, 5.74) is -6.97. The Balaban J connectivity index is 1.79. The van der Waals surface area contributed by atoms with E-state index in [1.807, 2.05) is 0 Å². The Bertz CT molecular complexity index is 945. The molecule has 0 aromatic carbocycles. The second-order valence-corrected chi connectivity index (χ2v) is 10.5. The van der Waals surface area contributed by atoms with E-state index in [0.717, 1.165) is 13.0 Å². The van der Waals surface area contributed by atoms with Gasteiger partial charge in [0.25, 0.3) is 0 Å². The molecular weight excluding hydrogens is 422 g/mol. The highest BCUT2D eigenvalue weighted by Crippen LogP contribution is 2.70. The number of hydrogen-bond acceptors (Lipinski definition) is 6. The molecule has 176 valence electrons. The van der Waals surface area contributed by atoms with Gasteiger partial charge in [0.15, 0.2) is 18.1 Å². The maximum absolute atomic E-state index is 17.0. The van der Waals surface area contributed by atoms with E-state index < -0.39 is 76.3 Å². The van der Waals surface area contributed by atoms with Crippen molar-refractivity contribution >= 4 is 17.5 Å². The number of Topliss-reactive ketones (excluding diaryl/α,β-unsaturated/α-hetero) is 1. The van der Waals surface area contributed by atoms with Gasteiger partial charge in [0.05, 0.1) is 6.10 Å². The van der Waals surface area contributed by atoms with Crippen LogP contribution in [0.5, 0.6) is 0 Å². The van der Waals surface area contributed by atoms with Crippen molar-refractivity contribution in [1.29, 1.82) is 0 Å². The topological polar surface area (TPSA) is 101 Å². The van der Waals surface area contributed by atoms with E-state index in [4.69, 9.17) is 4.74 Å². The number of halogens is 2. The summed E-state index contributed by atoms with van der Waals surface area (Å²) in [5.74, 6) is -3.98. The van der Waals surface area contributed by atoms with Crippen LogP contribution in [0, 0.1) is 28.6 Å². The van der Waals surface area contributed by atoms with E-state index in [1.54, 1.807) is 13.8 Å². The molecular formula is C24H30F2O6. The average molecular weight is 452 g/mol. The highest BCUT2D eigenvalue weighted by molar-refractivity contribution is 6.01. The summed E-state index contributed by atoms with van der Waals surface area (Å²) in [5, 5.41) is 22.8. The Labute approximate surface area is 185 Å². The zero-order valence-corrected chi connectivity index (χ0v) is 18.7. The van der Waals surface area contributed by atoms with Gasteiger partial charge in [0.2, 0.25) is 5.78 Å². The molecule has 4 aliphatic carbocycles. The molecule has 4 rings (SSSR count). The largest absolute Gasteiger partial charge is 0.458 e. The molecule has 9 atom stereocenters. The third kappa shape index (κ3) is 2.65. The van der Waals surface area contributed by atoms with Crippen LogP contribution in [-0.2, 0) is 19.1 Å². The number of fused-ring (bicyclic) bond motifs is 5. The van der Waals surface area contributed by atoms with Crippen LogP contribution in [0.15, 0.2) is 23.8 Å². The molecule has 0 aromatic rings. The fourth-order valence-electron chi connectivity index (χ4n) is 7.41. The molecule has 0 spiro atoms. The Kier molecular flexibility index (Phi) is 5.11. The van der Waals surface area contributed by atoms with Crippen molar-refractivity contribution in [3.63, 3.8) is 0 Å². The molecule has 0 heterocycles. The van der Waals surface area contributed by atoms with Gasteiger partial charge in [-0.25, -0.2) is 8.78 Å². The van der Waals surface area contributed by atoms with Crippen LogP contribution in [0.25, 0.3) is 0 Å². The Morgan fingerprint density at radius 2 is 1.91 bits per heavy atom. The van der Waals surface area contributed by atoms with Gasteiger partial charge >= 0.3 is 5.97 Å². The number of esters is 1. The summed E-state index contributed by atoms with van der Waals surface area (Å²) in [6.07, 6.45) is 0.271. The van der Waals surface area contributed by atoms with Crippen molar-refractivity contribution in [3.05, 3.63) is 23.8 Å². The van der Waals surface area contributed by atoms with Crippen LogP contribution in [0.4, 0.5) is 8.78 Å². The van der Waals surface area contributed by atoms with E-state index in [2.05, 4.69) is 0 Å². The van der Waals surface area contributed by atoms with Crippen LogP contribution in [0.2, 0.25) is 0 Å². The first-order chi connectivity index (χ1) is 14.7. The molecule has 32 heavy (non-hydrogen) atoms. The number of allylic oxidation sites excluding steroid dienone is 4. The molecule has 4 aliphatic rings. The molecule has 0 aliphatic heterocycles.